The minimum atomic E-state index is -0.449. The molecule has 4 rings (SSSR count). The first-order valence-corrected chi connectivity index (χ1v) is 8.43. The fourth-order valence-electron chi connectivity index (χ4n) is 2.82. The van der Waals surface area contributed by atoms with Gasteiger partial charge in [-0.2, -0.15) is 0 Å². The molecule has 0 spiro atoms. The van der Waals surface area contributed by atoms with Crippen LogP contribution in [0.15, 0.2) is 36.7 Å². The molecule has 0 unspecified atom stereocenters. The Morgan fingerprint density at radius 1 is 1.27 bits per heavy atom. The van der Waals surface area contributed by atoms with E-state index in [0.29, 0.717) is 30.2 Å². The zero-order valence-corrected chi connectivity index (χ0v) is 14.4. The highest BCUT2D eigenvalue weighted by Crippen LogP contribution is 2.34. The number of carbonyl (C=O) groups is 1. The predicted octanol–water partition coefficient (Wildman–Crippen LogP) is 2.92. The summed E-state index contributed by atoms with van der Waals surface area (Å²) in [4.78, 5) is 16.6. The van der Waals surface area contributed by atoms with E-state index >= 15 is 0 Å². The maximum absolute atomic E-state index is 13.8. The number of imidazole rings is 1. The molecule has 2 aromatic carbocycles. The van der Waals surface area contributed by atoms with Gasteiger partial charge in [-0.3, -0.25) is 4.79 Å². The Hall–Kier alpha value is -2.80. The van der Waals surface area contributed by atoms with Gasteiger partial charge < -0.3 is 19.4 Å². The number of hydrogen-bond acceptors (Lipinski definition) is 4. The molecule has 1 aliphatic heterocycles. The second kappa shape index (κ2) is 6.84. The lowest BCUT2D eigenvalue weighted by Crippen LogP contribution is -2.27. The van der Waals surface area contributed by atoms with E-state index in [2.05, 4.69) is 10.3 Å². The normalized spacial score (nSPS) is 13.0. The van der Waals surface area contributed by atoms with E-state index in [9.17, 15) is 9.18 Å². The molecule has 0 aliphatic carbocycles. The average Bonchev–Trinajstić information content (AvgIpc) is 3.01. The Morgan fingerprint density at radius 3 is 2.81 bits per heavy atom. The fraction of sp³-hybridized carbons (Fsp3) is 0.222. The topological polar surface area (TPSA) is 65.4 Å². The van der Waals surface area contributed by atoms with Crippen molar-refractivity contribution in [3.63, 3.8) is 0 Å². The highest BCUT2D eigenvalue weighted by molar-refractivity contribution is 6.31. The quantitative estimate of drug-likeness (QED) is 0.761. The SMILES string of the molecule is O=C(Cn1cnc2cc3c(cc21)OCCO3)NCc1c(F)cccc1Cl. The van der Waals surface area contributed by atoms with E-state index in [0.717, 1.165) is 5.52 Å². The van der Waals surface area contributed by atoms with Crippen molar-refractivity contribution in [3.05, 3.63) is 53.1 Å². The highest BCUT2D eigenvalue weighted by Gasteiger charge is 2.16. The first kappa shape index (κ1) is 16.7. The molecule has 1 aromatic heterocycles. The second-order valence-corrected chi connectivity index (χ2v) is 6.24. The van der Waals surface area contributed by atoms with Crippen LogP contribution in [-0.4, -0.2) is 28.7 Å². The third kappa shape index (κ3) is 3.17. The monoisotopic (exact) mass is 375 g/mol. The Kier molecular flexibility index (Phi) is 4.38. The number of amides is 1. The molecule has 8 heteroatoms. The molecule has 1 amide bonds. The largest absolute Gasteiger partial charge is 0.486 e. The number of benzene rings is 2. The van der Waals surface area contributed by atoms with Crippen molar-refractivity contribution in [1.82, 2.24) is 14.9 Å². The molecule has 0 atom stereocenters. The second-order valence-electron chi connectivity index (χ2n) is 5.83. The van der Waals surface area contributed by atoms with Crippen LogP contribution >= 0.6 is 11.6 Å². The molecular weight excluding hydrogens is 361 g/mol. The third-order valence-corrected chi connectivity index (χ3v) is 4.48. The van der Waals surface area contributed by atoms with Crippen molar-refractivity contribution >= 4 is 28.5 Å². The van der Waals surface area contributed by atoms with Gasteiger partial charge in [0.2, 0.25) is 5.91 Å². The molecule has 0 saturated heterocycles. The third-order valence-electron chi connectivity index (χ3n) is 4.12. The first-order chi connectivity index (χ1) is 12.6. The number of carbonyl (C=O) groups excluding carboxylic acids is 1. The van der Waals surface area contributed by atoms with E-state index < -0.39 is 5.82 Å². The number of rotatable bonds is 4. The smallest absolute Gasteiger partial charge is 0.240 e. The van der Waals surface area contributed by atoms with Crippen LogP contribution in [0.2, 0.25) is 5.02 Å². The lowest BCUT2D eigenvalue weighted by atomic mass is 10.2. The summed E-state index contributed by atoms with van der Waals surface area (Å²) in [5, 5.41) is 2.96. The van der Waals surface area contributed by atoms with Crippen molar-refractivity contribution in [2.45, 2.75) is 13.1 Å². The Labute approximate surface area is 153 Å². The Morgan fingerprint density at radius 2 is 2.04 bits per heavy atom. The summed E-state index contributed by atoms with van der Waals surface area (Å²) in [5.74, 6) is 0.546. The van der Waals surface area contributed by atoms with Crippen molar-refractivity contribution in [2.24, 2.45) is 0 Å². The Bertz CT molecular complexity index is 969. The van der Waals surface area contributed by atoms with Gasteiger partial charge in [0, 0.05) is 29.3 Å². The van der Waals surface area contributed by atoms with Gasteiger partial charge in [0.05, 0.1) is 17.4 Å². The summed E-state index contributed by atoms with van der Waals surface area (Å²) in [6.45, 7) is 1.04. The molecule has 1 aliphatic rings. The molecule has 0 radical (unpaired) electrons. The molecule has 6 nitrogen and oxygen atoms in total. The van der Waals surface area contributed by atoms with Crippen LogP contribution in [0.4, 0.5) is 4.39 Å². The van der Waals surface area contributed by atoms with Crippen LogP contribution in [-0.2, 0) is 17.9 Å². The maximum Gasteiger partial charge on any atom is 0.240 e. The molecule has 3 aromatic rings. The van der Waals surface area contributed by atoms with E-state index in [1.165, 1.54) is 12.1 Å². The highest BCUT2D eigenvalue weighted by atomic mass is 35.5. The van der Waals surface area contributed by atoms with Gasteiger partial charge in [-0.15, -0.1) is 0 Å². The van der Waals surface area contributed by atoms with Crippen molar-refractivity contribution in [1.29, 1.82) is 0 Å². The molecule has 134 valence electrons. The summed E-state index contributed by atoms with van der Waals surface area (Å²) in [7, 11) is 0. The number of ether oxygens (including phenoxy) is 2. The molecule has 2 heterocycles. The van der Waals surface area contributed by atoms with Crippen LogP contribution in [0, 0.1) is 5.82 Å². The molecule has 26 heavy (non-hydrogen) atoms. The minimum Gasteiger partial charge on any atom is -0.486 e. The van der Waals surface area contributed by atoms with Crippen LogP contribution in [0.5, 0.6) is 11.5 Å². The number of halogens is 2. The van der Waals surface area contributed by atoms with Crippen LogP contribution in [0.25, 0.3) is 11.0 Å². The summed E-state index contributed by atoms with van der Waals surface area (Å²) in [6.07, 6.45) is 1.58. The van der Waals surface area contributed by atoms with Gasteiger partial charge in [0.25, 0.3) is 0 Å². The lowest BCUT2D eigenvalue weighted by molar-refractivity contribution is -0.121. The predicted molar refractivity (Wildman–Crippen MR) is 94.0 cm³/mol. The van der Waals surface area contributed by atoms with Gasteiger partial charge in [-0.25, -0.2) is 9.37 Å². The van der Waals surface area contributed by atoms with Gasteiger partial charge in [-0.1, -0.05) is 17.7 Å². The van der Waals surface area contributed by atoms with Gasteiger partial charge in [0.1, 0.15) is 25.6 Å². The van der Waals surface area contributed by atoms with Crippen LogP contribution < -0.4 is 14.8 Å². The van der Waals surface area contributed by atoms with Gasteiger partial charge in [-0.05, 0) is 12.1 Å². The Balaban J connectivity index is 1.49. The number of nitrogens with zero attached hydrogens (tertiary/aromatic N) is 2. The fourth-order valence-corrected chi connectivity index (χ4v) is 3.05. The molecule has 0 bridgehead atoms. The van der Waals surface area contributed by atoms with E-state index in [4.69, 9.17) is 21.1 Å². The first-order valence-electron chi connectivity index (χ1n) is 8.06. The van der Waals surface area contributed by atoms with Crippen molar-refractivity contribution in [2.75, 3.05) is 13.2 Å². The summed E-state index contributed by atoms with van der Waals surface area (Å²) in [5.41, 5.74) is 1.73. The van der Waals surface area contributed by atoms with Crippen molar-refractivity contribution in [3.8, 4) is 11.5 Å². The zero-order valence-electron chi connectivity index (χ0n) is 13.7. The number of fused-ring (bicyclic) bond motifs is 2. The van der Waals surface area contributed by atoms with E-state index in [1.54, 1.807) is 29.1 Å². The average molecular weight is 376 g/mol. The van der Waals surface area contributed by atoms with Gasteiger partial charge >= 0.3 is 0 Å². The summed E-state index contributed by atoms with van der Waals surface area (Å²) < 4.78 is 26.6. The molecule has 1 N–H and O–H groups in total. The number of hydrogen-bond donors (Lipinski definition) is 1. The molecular formula is C18H15ClFN3O3. The standard InChI is InChI=1S/C18H15ClFN3O3/c19-12-2-1-3-13(20)11(12)8-21-18(24)9-23-10-22-14-6-16-17(7-15(14)23)26-5-4-25-16/h1-3,6-7,10H,4-5,8-9H2,(H,21,24). The lowest BCUT2D eigenvalue weighted by Gasteiger charge is -2.18. The number of aromatic nitrogens is 2. The molecule has 0 fully saturated rings. The van der Waals surface area contributed by atoms with E-state index in [-0.39, 0.29) is 29.6 Å². The molecule has 0 saturated carbocycles. The van der Waals surface area contributed by atoms with Gasteiger partial charge in [0.15, 0.2) is 11.5 Å². The summed E-state index contributed by atoms with van der Waals surface area (Å²) in [6, 6.07) is 8.00. The van der Waals surface area contributed by atoms with Crippen LogP contribution in [0.3, 0.4) is 0 Å². The zero-order chi connectivity index (χ0) is 18.1. The number of nitrogens with one attached hydrogen (secondary N) is 1. The van der Waals surface area contributed by atoms with Crippen LogP contribution in [0.1, 0.15) is 5.56 Å². The minimum absolute atomic E-state index is 0.0172. The van der Waals surface area contributed by atoms with E-state index in [1.807, 2.05) is 0 Å². The maximum atomic E-state index is 13.8. The van der Waals surface area contributed by atoms with Crippen molar-refractivity contribution < 1.29 is 18.7 Å². The summed E-state index contributed by atoms with van der Waals surface area (Å²) >= 11 is 5.97.